The van der Waals surface area contributed by atoms with E-state index in [2.05, 4.69) is 39.4 Å². The lowest BCUT2D eigenvalue weighted by molar-refractivity contribution is -0.120. The number of rotatable bonds is 9. The molecule has 1 aliphatic rings. The summed E-state index contributed by atoms with van der Waals surface area (Å²) in [6, 6.07) is 17.9. The van der Waals surface area contributed by atoms with Crippen LogP contribution in [0.15, 0.2) is 70.0 Å². The molecule has 0 heterocycles. The number of hydrogen-bond acceptors (Lipinski definition) is 4. The molecule has 0 radical (unpaired) electrons. The van der Waals surface area contributed by atoms with E-state index in [4.69, 9.17) is 4.74 Å². The second kappa shape index (κ2) is 11.7. The third-order valence-electron chi connectivity index (χ3n) is 6.84. The maximum absolute atomic E-state index is 13.8. The quantitative estimate of drug-likeness (QED) is 0.329. The van der Waals surface area contributed by atoms with Crippen molar-refractivity contribution in [3.05, 3.63) is 87.4 Å². The van der Waals surface area contributed by atoms with Gasteiger partial charge in [-0.25, -0.2) is 8.42 Å². The first-order valence-electron chi connectivity index (χ1n) is 12.6. The highest BCUT2D eigenvalue weighted by Gasteiger charge is 2.29. The van der Waals surface area contributed by atoms with Crippen molar-refractivity contribution in [3.8, 4) is 5.75 Å². The minimum Gasteiger partial charge on any atom is -0.496 e. The first-order valence-corrected chi connectivity index (χ1v) is 14.8. The van der Waals surface area contributed by atoms with Crippen molar-refractivity contribution in [2.45, 2.75) is 56.9 Å². The van der Waals surface area contributed by atoms with Crippen molar-refractivity contribution in [2.75, 3.05) is 18.0 Å². The van der Waals surface area contributed by atoms with E-state index in [1.165, 1.54) is 43.2 Å². The fourth-order valence-corrected chi connectivity index (χ4v) is 6.86. The number of ether oxygens (including phenoxy) is 1. The Hall–Kier alpha value is -2.84. The number of carbonyl (C=O) groups is 1. The summed E-state index contributed by atoms with van der Waals surface area (Å²) in [4.78, 5) is 13.4. The van der Waals surface area contributed by atoms with E-state index in [-0.39, 0.29) is 23.4 Å². The minimum atomic E-state index is -4.04. The molecule has 0 saturated heterocycles. The molecule has 6 nitrogen and oxygen atoms in total. The Balaban J connectivity index is 1.61. The highest BCUT2D eigenvalue weighted by Crippen LogP contribution is 2.31. The Labute approximate surface area is 228 Å². The van der Waals surface area contributed by atoms with E-state index in [1.54, 1.807) is 18.2 Å². The molecule has 1 aliphatic carbocycles. The van der Waals surface area contributed by atoms with Crippen LogP contribution >= 0.6 is 15.9 Å². The predicted octanol–water partition coefficient (Wildman–Crippen LogP) is 6.11. The average molecular weight is 586 g/mol. The van der Waals surface area contributed by atoms with Crippen molar-refractivity contribution in [2.24, 2.45) is 0 Å². The minimum absolute atomic E-state index is 0.0651. The Morgan fingerprint density at radius 1 is 1.03 bits per heavy atom. The lowest BCUT2D eigenvalue weighted by Crippen LogP contribution is -2.42. The summed E-state index contributed by atoms with van der Waals surface area (Å²) in [5.41, 5.74) is 5.22. The molecule has 3 aromatic rings. The number of aryl methyl sites for hydroxylation is 3. The second-order valence-corrected chi connectivity index (χ2v) is 12.1. The molecule has 37 heavy (non-hydrogen) atoms. The fraction of sp³-hybridized carbons (Fsp3) is 0.345. The van der Waals surface area contributed by atoms with Gasteiger partial charge in [-0.15, -0.1) is 0 Å². The van der Waals surface area contributed by atoms with Crippen LogP contribution in [0.3, 0.4) is 0 Å². The first-order chi connectivity index (χ1) is 17.7. The van der Waals surface area contributed by atoms with Crippen molar-refractivity contribution in [3.63, 3.8) is 0 Å². The molecule has 3 aromatic carbocycles. The predicted molar refractivity (Wildman–Crippen MR) is 151 cm³/mol. The van der Waals surface area contributed by atoms with Gasteiger partial charge < -0.3 is 10.1 Å². The zero-order valence-corrected chi connectivity index (χ0v) is 23.9. The number of sulfonamides is 1. The summed E-state index contributed by atoms with van der Waals surface area (Å²) in [6.45, 7) is 3.62. The summed E-state index contributed by atoms with van der Waals surface area (Å²) in [7, 11) is -2.52. The fourth-order valence-electron chi connectivity index (χ4n) is 4.72. The first kappa shape index (κ1) is 27.2. The van der Waals surface area contributed by atoms with Gasteiger partial charge in [-0.2, -0.15) is 0 Å². The molecule has 0 aliphatic heterocycles. The third kappa shape index (κ3) is 6.18. The number of fused-ring (bicyclic) bond motifs is 1. The monoisotopic (exact) mass is 584 g/mol. The van der Waals surface area contributed by atoms with Crippen LogP contribution < -0.4 is 14.4 Å². The van der Waals surface area contributed by atoms with Gasteiger partial charge in [0.25, 0.3) is 10.0 Å². The lowest BCUT2D eigenvalue weighted by atomic mass is 9.89. The highest BCUT2D eigenvalue weighted by molar-refractivity contribution is 9.10. The van der Waals surface area contributed by atoms with Gasteiger partial charge in [0.2, 0.25) is 5.91 Å². The maximum Gasteiger partial charge on any atom is 0.264 e. The number of benzene rings is 3. The van der Waals surface area contributed by atoms with Crippen LogP contribution in [0.2, 0.25) is 0 Å². The van der Waals surface area contributed by atoms with E-state index >= 15 is 0 Å². The van der Waals surface area contributed by atoms with Gasteiger partial charge in [0.1, 0.15) is 12.3 Å². The SMILES string of the molecule is CC[C@@H](NC(=O)CN(c1ccc(C)cc1)S(=O)(=O)c1ccc(OC)c(Br)c1)c1ccc2c(c1)CCCC2. The molecular formula is C29H33BrN2O4S. The largest absolute Gasteiger partial charge is 0.496 e. The van der Waals surface area contributed by atoms with E-state index in [0.29, 0.717) is 22.3 Å². The highest BCUT2D eigenvalue weighted by atomic mass is 79.9. The molecule has 8 heteroatoms. The zero-order valence-electron chi connectivity index (χ0n) is 21.5. The van der Waals surface area contributed by atoms with Crippen molar-refractivity contribution in [1.29, 1.82) is 0 Å². The summed E-state index contributed by atoms with van der Waals surface area (Å²) in [6.07, 6.45) is 5.26. The summed E-state index contributed by atoms with van der Waals surface area (Å²) in [5.74, 6) is 0.163. The van der Waals surface area contributed by atoms with Crippen LogP contribution in [0.4, 0.5) is 5.69 Å². The number of nitrogens with one attached hydrogen (secondary N) is 1. The average Bonchev–Trinajstić information content (AvgIpc) is 2.90. The Morgan fingerprint density at radius 2 is 1.73 bits per heavy atom. The van der Waals surface area contributed by atoms with Gasteiger partial charge in [0, 0.05) is 0 Å². The van der Waals surface area contributed by atoms with Crippen LogP contribution in [0, 0.1) is 6.92 Å². The van der Waals surface area contributed by atoms with Crippen LogP contribution in [0.25, 0.3) is 0 Å². The molecule has 1 amide bonds. The number of methoxy groups -OCH3 is 1. The van der Waals surface area contributed by atoms with E-state index < -0.39 is 10.0 Å². The van der Waals surface area contributed by atoms with Gasteiger partial charge in [-0.3, -0.25) is 9.10 Å². The molecule has 0 bridgehead atoms. The summed E-state index contributed by atoms with van der Waals surface area (Å²) < 4.78 is 34.5. The number of hydrogen-bond donors (Lipinski definition) is 1. The number of amides is 1. The normalized spacial score (nSPS) is 13.9. The molecule has 0 unspecified atom stereocenters. The Bertz CT molecular complexity index is 1370. The van der Waals surface area contributed by atoms with Crippen LogP contribution in [0.5, 0.6) is 5.75 Å². The van der Waals surface area contributed by atoms with E-state index in [9.17, 15) is 13.2 Å². The maximum atomic E-state index is 13.8. The van der Waals surface area contributed by atoms with Gasteiger partial charge in [0.15, 0.2) is 0 Å². The van der Waals surface area contributed by atoms with Crippen molar-refractivity contribution in [1.82, 2.24) is 5.32 Å². The molecule has 1 N–H and O–H groups in total. The molecule has 0 fully saturated rings. The van der Waals surface area contributed by atoms with Gasteiger partial charge >= 0.3 is 0 Å². The molecule has 0 saturated carbocycles. The Morgan fingerprint density at radius 3 is 2.38 bits per heavy atom. The number of halogens is 1. The van der Waals surface area contributed by atoms with E-state index in [0.717, 1.165) is 28.3 Å². The second-order valence-electron chi connectivity index (χ2n) is 9.41. The number of anilines is 1. The van der Waals surface area contributed by atoms with Gasteiger partial charge in [-0.05, 0) is 102 Å². The molecule has 1 atom stereocenters. The lowest BCUT2D eigenvalue weighted by Gasteiger charge is -2.26. The number of carbonyl (C=O) groups excluding carboxylic acids is 1. The molecule has 4 rings (SSSR count). The smallest absolute Gasteiger partial charge is 0.264 e. The van der Waals surface area contributed by atoms with Crippen molar-refractivity contribution < 1.29 is 17.9 Å². The molecule has 0 aromatic heterocycles. The van der Waals surface area contributed by atoms with Crippen LogP contribution in [-0.2, 0) is 27.7 Å². The summed E-state index contributed by atoms with van der Waals surface area (Å²) in [5, 5.41) is 3.08. The van der Waals surface area contributed by atoms with Gasteiger partial charge in [0.05, 0.1) is 28.2 Å². The topological polar surface area (TPSA) is 75.7 Å². The number of nitrogens with zero attached hydrogens (tertiary/aromatic N) is 1. The van der Waals surface area contributed by atoms with Crippen LogP contribution in [0.1, 0.15) is 54.5 Å². The standard InChI is InChI=1S/C29H33BrN2O4S/c1-4-27(23-12-11-21-7-5-6-8-22(21)17-23)31-29(33)19-32(24-13-9-20(2)10-14-24)37(34,35)25-15-16-28(36-3)26(30)18-25/h9-18,27H,4-8,19H2,1-3H3,(H,31,33)/t27-/m1/s1. The third-order valence-corrected chi connectivity index (χ3v) is 9.23. The molecule has 0 spiro atoms. The zero-order chi connectivity index (χ0) is 26.6. The van der Waals surface area contributed by atoms with Crippen LogP contribution in [-0.4, -0.2) is 28.0 Å². The summed E-state index contributed by atoms with van der Waals surface area (Å²) >= 11 is 3.37. The molecule has 196 valence electrons. The van der Waals surface area contributed by atoms with Crippen molar-refractivity contribution >= 4 is 37.5 Å². The van der Waals surface area contributed by atoms with E-state index in [1.807, 2.05) is 26.0 Å². The molecular weight excluding hydrogens is 552 g/mol. The Kier molecular flexibility index (Phi) is 8.60. The van der Waals surface area contributed by atoms with Gasteiger partial charge in [-0.1, -0.05) is 42.8 Å².